The second kappa shape index (κ2) is 13.9. The van der Waals surface area contributed by atoms with Crippen molar-refractivity contribution in [1.82, 2.24) is 4.57 Å². The van der Waals surface area contributed by atoms with E-state index in [0.29, 0.717) is 5.56 Å². The van der Waals surface area contributed by atoms with Crippen molar-refractivity contribution >= 4 is 38.9 Å². The van der Waals surface area contributed by atoms with Crippen LogP contribution in [0, 0.1) is 0 Å². The van der Waals surface area contributed by atoms with E-state index < -0.39 is 0 Å². The molecule has 0 fully saturated rings. The lowest BCUT2D eigenvalue weighted by Gasteiger charge is -2.28. The van der Waals surface area contributed by atoms with Crippen LogP contribution in [0.5, 0.6) is 0 Å². The summed E-state index contributed by atoms with van der Waals surface area (Å²) in [5, 5.41) is 2.03. The Morgan fingerprint density at radius 1 is 0.390 bits per heavy atom. The lowest BCUT2D eigenvalue weighted by atomic mass is 9.82. The number of hydrogen-bond donors (Lipinski definition) is 0. The Hall–Kier alpha value is -7.42. The normalized spacial score (nSPS) is 13.7. The molecular formula is C57H42N2. The Bertz CT molecular complexity index is 3380. The molecule has 0 radical (unpaired) electrons. The van der Waals surface area contributed by atoms with Crippen LogP contribution in [0.1, 0.15) is 30.5 Å². The van der Waals surface area contributed by atoms with E-state index in [-0.39, 0.29) is 40.8 Å². The quantitative estimate of drug-likeness (QED) is 0.157. The molecule has 1 aromatic heterocycles. The second-order valence-electron chi connectivity index (χ2n) is 15.8. The minimum Gasteiger partial charge on any atom is -0.310 e. The first-order valence-electron chi connectivity index (χ1n) is 22.2. The Morgan fingerprint density at radius 2 is 0.949 bits per heavy atom. The first kappa shape index (κ1) is 30.7. The Kier molecular flexibility index (Phi) is 7.23. The molecule has 0 saturated carbocycles. The summed E-state index contributed by atoms with van der Waals surface area (Å²) >= 11 is 0. The number of fused-ring (bicyclic) bond motifs is 6. The van der Waals surface area contributed by atoms with Crippen LogP contribution in [-0.2, 0) is 5.41 Å². The molecule has 0 unspecified atom stereocenters. The Balaban J connectivity index is 1.08. The lowest BCUT2D eigenvalue weighted by molar-refractivity contribution is 0.660. The molecule has 1 aliphatic rings. The average Bonchev–Trinajstić information content (AvgIpc) is 3.78. The van der Waals surface area contributed by atoms with E-state index in [4.69, 9.17) is 0 Å². The van der Waals surface area contributed by atoms with Gasteiger partial charge in [0.05, 0.1) is 16.5 Å². The number of benzene rings is 9. The van der Waals surface area contributed by atoms with E-state index in [1.165, 1.54) is 11.1 Å². The number of nitrogens with zero attached hydrogens (tertiary/aromatic N) is 2. The molecule has 1 heterocycles. The molecule has 0 amide bonds. The fraction of sp³-hybridized carbons (Fsp3) is 0.0526. The minimum atomic E-state index is -0.292. The van der Waals surface area contributed by atoms with Crippen molar-refractivity contribution < 1.29 is 5.48 Å². The van der Waals surface area contributed by atoms with Crippen molar-refractivity contribution in [3.8, 4) is 50.2 Å². The van der Waals surface area contributed by atoms with E-state index in [1.807, 2.05) is 77.7 Å². The van der Waals surface area contributed by atoms with Crippen molar-refractivity contribution in [2.75, 3.05) is 4.90 Å². The van der Waals surface area contributed by atoms with Gasteiger partial charge in [-0.05, 0) is 122 Å². The van der Waals surface area contributed by atoms with Gasteiger partial charge in [-0.25, -0.2) is 0 Å². The molecule has 280 valence electrons. The summed E-state index contributed by atoms with van der Waals surface area (Å²) in [6.07, 6.45) is 0. The molecule has 0 bridgehead atoms. The lowest BCUT2D eigenvalue weighted by Crippen LogP contribution is -2.16. The molecular weight excluding hydrogens is 713 g/mol. The van der Waals surface area contributed by atoms with Gasteiger partial charge >= 0.3 is 0 Å². The molecule has 0 spiro atoms. The highest BCUT2D eigenvalue weighted by Gasteiger charge is 2.35. The van der Waals surface area contributed by atoms with Crippen LogP contribution in [-0.4, -0.2) is 4.57 Å². The van der Waals surface area contributed by atoms with Gasteiger partial charge in [0.15, 0.2) is 0 Å². The number of hydrogen-bond acceptors (Lipinski definition) is 1. The summed E-state index contributed by atoms with van der Waals surface area (Å²) in [5.74, 6) is 0. The van der Waals surface area contributed by atoms with E-state index in [0.717, 1.165) is 72.2 Å². The maximum atomic E-state index is 9.76. The topological polar surface area (TPSA) is 8.17 Å². The molecule has 2 heteroatoms. The van der Waals surface area contributed by atoms with Gasteiger partial charge in [0.2, 0.25) is 0 Å². The first-order valence-corrected chi connectivity index (χ1v) is 20.2. The number of anilines is 3. The average molecular weight is 759 g/mol. The van der Waals surface area contributed by atoms with Crippen LogP contribution < -0.4 is 4.90 Å². The van der Waals surface area contributed by atoms with Crippen LogP contribution in [0.25, 0.3) is 72.0 Å². The van der Waals surface area contributed by atoms with Crippen molar-refractivity contribution in [1.29, 1.82) is 0 Å². The van der Waals surface area contributed by atoms with Crippen LogP contribution in [0.15, 0.2) is 218 Å². The summed E-state index contributed by atoms with van der Waals surface area (Å²) in [5.41, 5.74) is 14.5. The van der Waals surface area contributed by atoms with Gasteiger partial charge in [0, 0.05) is 38.9 Å². The molecule has 10 aromatic rings. The standard InChI is InChI=1S/C57H42N2/c1-57(2)53-23-13-11-21-49(53)50-35-34-46(38-54(50)57)58(45-32-27-41(28-33-45)48-20-10-9-19-47(48)40-15-5-3-6-16-40)44-30-25-39(26-31-44)42-29-36-56-52(37-42)51-22-12-14-24-55(51)59(56)43-17-7-4-8-18-43/h3-38H,1-2H3/i25D,26D,30D,31D. The largest absolute Gasteiger partial charge is 0.310 e. The third-order valence-electron chi connectivity index (χ3n) is 12.1. The zero-order valence-electron chi connectivity index (χ0n) is 36.9. The first-order chi connectivity index (χ1) is 30.7. The predicted molar refractivity (Wildman–Crippen MR) is 249 cm³/mol. The van der Waals surface area contributed by atoms with Gasteiger partial charge in [-0.1, -0.05) is 165 Å². The third kappa shape index (κ3) is 5.79. The van der Waals surface area contributed by atoms with Gasteiger partial charge in [0.25, 0.3) is 0 Å². The highest BCUT2D eigenvalue weighted by atomic mass is 15.1. The van der Waals surface area contributed by atoms with Crippen molar-refractivity contribution in [3.63, 3.8) is 0 Å². The van der Waals surface area contributed by atoms with E-state index in [9.17, 15) is 5.48 Å². The molecule has 0 N–H and O–H groups in total. The zero-order valence-corrected chi connectivity index (χ0v) is 32.9. The monoisotopic (exact) mass is 758 g/mol. The van der Waals surface area contributed by atoms with Crippen LogP contribution in [0.2, 0.25) is 0 Å². The van der Waals surface area contributed by atoms with Crippen LogP contribution in [0.4, 0.5) is 17.1 Å². The third-order valence-corrected chi connectivity index (χ3v) is 12.1. The summed E-state index contributed by atoms with van der Waals surface area (Å²) in [6, 6.07) is 65.9. The molecule has 0 saturated heterocycles. The molecule has 0 atom stereocenters. The molecule has 11 rings (SSSR count). The van der Waals surface area contributed by atoms with Crippen LogP contribution >= 0.6 is 0 Å². The molecule has 2 nitrogen and oxygen atoms in total. The Morgan fingerprint density at radius 3 is 1.69 bits per heavy atom. The smallest absolute Gasteiger partial charge is 0.0645 e. The molecule has 9 aromatic carbocycles. The summed E-state index contributed by atoms with van der Waals surface area (Å²) < 4.78 is 41.0. The molecule has 0 aliphatic heterocycles. The fourth-order valence-corrected chi connectivity index (χ4v) is 9.18. The minimum absolute atomic E-state index is 0.0931. The van der Waals surface area contributed by atoms with Gasteiger partial charge in [-0.3, -0.25) is 0 Å². The second-order valence-corrected chi connectivity index (χ2v) is 15.8. The zero-order chi connectivity index (χ0) is 43.0. The number of rotatable bonds is 7. The van der Waals surface area contributed by atoms with E-state index in [1.54, 1.807) is 0 Å². The maximum absolute atomic E-state index is 9.76. The molecule has 1 aliphatic carbocycles. The predicted octanol–water partition coefficient (Wildman–Crippen LogP) is 15.6. The van der Waals surface area contributed by atoms with E-state index in [2.05, 4.69) is 140 Å². The van der Waals surface area contributed by atoms with Gasteiger partial charge in [-0.15, -0.1) is 0 Å². The van der Waals surface area contributed by atoms with Gasteiger partial charge in [0.1, 0.15) is 0 Å². The number of aromatic nitrogens is 1. The summed E-state index contributed by atoms with van der Waals surface area (Å²) in [7, 11) is 0. The Labute approximate surface area is 351 Å². The summed E-state index contributed by atoms with van der Waals surface area (Å²) in [4.78, 5) is 1.91. The van der Waals surface area contributed by atoms with Gasteiger partial charge < -0.3 is 9.47 Å². The SMILES string of the molecule is [2H]c1c([2H])c(N(c2ccc(-c3ccccc3-c3ccccc3)cc2)c2ccc3c(c2)C(C)(C)c2ccccc2-3)c([2H])c([2H])c1-c1ccc2c(c1)c1ccccc1n2-c1ccccc1. The maximum Gasteiger partial charge on any atom is 0.0645 e. The van der Waals surface area contributed by atoms with Crippen LogP contribution in [0.3, 0.4) is 0 Å². The highest BCUT2D eigenvalue weighted by Crippen LogP contribution is 2.51. The summed E-state index contributed by atoms with van der Waals surface area (Å²) in [6.45, 7) is 4.48. The van der Waals surface area contributed by atoms with Crippen molar-refractivity contribution in [2.45, 2.75) is 19.3 Å². The molecule has 59 heavy (non-hydrogen) atoms. The van der Waals surface area contributed by atoms with Crippen molar-refractivity contribution in [3.05, 3.63) is 229 Å². The van der Waals surface area contributed by atoms with E-state index >= 15 is 0 Å². The number of para-hydroxylation sites is 2. The fourth-order valence-electron chi connectivity index (χ4n) is 9.18. The van der Waals surface area contributed by atoms with Crippen molar-refractivity contribution in [2.24, 2.45) is 0 Å². The highest BCUT2D eigenvalue weighted by molar-refractivity contribution is 6.10. The van der Waals surface area contributed by atoms with Gasteiger partial charge in [-0.2, -0.15) is 0 Å².